The minimum absolute atomic E-state index is 0.412. The van der Waals surface area contributed by atoms with Crippen molar-refractivity contribution in [3.8, 4) is 0 Å². The van der Waals surface area contributed by atoms with Crippen LogP contribution in [0.3, 0.4) is 0 Å². The smallest absolute Gasteiger partial charge is 0.0839 e. The van der Waals surface area contributed by atoms with Gasteiger partial charge in [0.25, 0.3) is 0 Å². The second kappa shape index (κ2) is 37.8. The van der Waals surface area contributed by atoms with E-state index in [1.807, 2.05) is 12.2 Å². The van der Waals surface area contributed by atoms with E-state index in [2.05, 4.69) is 426 Å². The van der Waals surface area contributed by atoms with Crippen LogP contribution in [-0.4, -0.2) is 37.0 Å². The maximum atomic E-state index is 9.03. The highest BCUT2D eigenvalue weighted by atomic mass is 31.1. The first-order valence-electron chi connectivity index (χ1n) is 37.2. The highest BCUT2D eigenvalue weighted by Gasteiger charge is 2.46. The molecule has 7 heteroatoms. The molecule has 2 unspecified atom stereocenters. The molecule has 0 aliphatic carbocycles. The largest absolute Gasteiger partial charge is 0.366 e. The molecule has 0 saturated heterocycles. The van der Waals surface area contributed by atoms with Crippen LogP contribution in [0.4, 0.5) is 0 Å². The van der Waals surface area contributed by atoms with E-state index in [0.717, 1.165) is 60.9 Å². The summed E-state index contributed by atoms with van der Waals surface area (Å²) in [5.74, 6) is 0. The summed E-state index contributed by atoms with van der Waals surface area (Å²) in [6, 6.07) is 157. The normalized spacial score (nSPS) is 12.4. The Morgan fingerprint density at radius 2 is 0.346 bits per heavy atom. The van der Waals surface area contributed by atoms with E-state index < -0.39 is 70.6 Å². The van der Waals surface area contributed by atoms with Crippen molar-refractivity contribution in [3.05, 3.63) is 448 Å². The van der Waals surface area contributed by atoms with Crippen LogP contribution in [0.25, 0.3) is 12.2 Å². The Labute approximate surface area is 644 Å². The fraction of sp³-hybridized carbons (Fsp3) is 0.120. The third kappa shape index (κ3) is 19.7. The standard InChI is InChI=1S/C100H92OP6/c1-3-81-65-69-83(70-66-81)97(73-99(75-102(85-41-17-5-18-42-85)86-43-19-6-20-44-86,76-103(87-45-21-7-22-46-87)88-47-23-8-24-48-88)77-104(89-49-25-9-26-50-89)90-51-27-10-28-52-90)101-98(84-71-67-82(4-2)68-72-84)74-100(78-105(91-53-29-11-30-54-91)92-55-31-12-32-56-92,79-106(93-57-33-13-34-58-93)94-59-35-14-36-60-94)80-107(95-61-37-15-38-62-95)96-63-39-16-40-64-96/h3-72,97-98H,1-2,73-80H2. The van der Waals surface area contributed by atoms with Crippen LogP contribution in [0.5, 0.6) is 0 Å². The topological polar surface area (TPSA) is 9.23 Å². The minimum Gasteiger partial charge on any atom is -0.366 e. The molecule has 0 aliphatic heterocycles. The van der Waals surface area contributed by atoms with Crippen LogP contribution in [0.1, 0.15) is 47.3 Å². The maximum absolute atomic E-state index is 9.03. The van der Waals surface area contributed by atoms with E-state index >= 15 is 0 Å². The van der Waals surface area contributed by atoms with Gasteiger partial charge in [-0.15, -0.1) is 0 Å². The summed E-state index contributed by atoms with van der Waals surface area (Å²) in [4.78, 5) is 0. The van der Waals surface area contributed by atoms with Gasteiger partial charge in [-0.25, -0.2) is 0 Å². The Morgan fingerprint density at radius 3 is 0.477 bits per heavy atom. The fourth-order valence-electron chi connectivity index (χ4n) is 15.2. The van der Waals surface area contributed by atoms with E-state index in [9.17, 15) is 0 Å². The van der Waals surface area contributed by atoms with Crippen molar-refractivity contribution in [2.24, 2.45) is 10.8 Å². The van der Waals surface area contributed by atoms with Crippen molar-refractivity contribution in [1.29, 1.82) is 0 Å². The first kappa shape index (κ1) is 74.9. The predicted molar refractivity (Wildman–Crippen MR) is 477 cm³/mol. The van der Waals surface area contributed by atoms with Crippen LogP contribution in [0.15, 0.2) is 426 Å². The molecule has 2 atom stereocenters. The molecule has 14 aromatic carbocycles. The van der Waals surface area contributed by atoms with E-state index in [0.29, 0.717) is 0 Å². The number of benzene rings is 14. The van der Waals surface area contributed by atoms with E-state index in [1.165, 1.54) is 74.8 Å². The first-order chi connectivity index (χ1) is 52.9. The highest BCUT2D eigenvalue weighted by Crippen LogP contribution is 2.60. The van der Waals surface area contributed by atoms with Gasteiger partial charge in [-0.3, -0.25) is 0 Å². The van der Waals surface area contributed by atoms with Gasteiger partial charge >= 0.3 is 0 Å². The van der Waals surface area contributed by atoms with Crippen molar-refractivity contribution >= 4 is 123 Å². The zero-order valence-corrected chi connectivity index (χ0v) is 66.1. The molecule has 0 bridgehead atoms. The maximum Gasteiger partial charge on any atom is 0.0839 e. The number of hydrogen-bond donors (Lipinski definition) is 0. The van der Waals surface area contributed by atoms with Gasteiger partial charge in [0.2, 0.25) is 0 Å². The molecule has 0 saturated carbocycles. The molecule has 1 nitrogen and oxygen atoms in total. The predicted octanol–water partition coefficient (Wildman–Crippen LogP) is 21.3. The van der Waals surface area contributed by atoms with Crippen molar-refractivity contribution in [2.45, 2.75) is 25.0 Å². The molecule has 0 amide bonds. The lowest BCUT2D eigenvalue weighted by molar-refractivity contribution is -0.0490. The van der Waals surface area contributed by atoms with Crippen molar-refractivity contribution in [1.82, 2.24) is 0 Å². The molecular weight excluding hydrogens is 1400 g/mol. The van der Waals surface area contributed by atoms with Gasteiger partial charge in [-0.2, -0.15) is 0 Å². The van der Waals surface area contributed by atoms with Gasteiger partial charge in [-0.05, 0) is 194 Å². The Balaban J connectivity index is 1.05. The third-order valence-corrected chi connectivity index (χ3v) is 37.4. The summed E-state index contributed by atoms with van der Waals surface area (Å²) in [5.41, 5.74) is 3.69. The summed E-state index contributed by atoms with van der Waals surface area (Å²) in [6.07, 6.45) is 10.2. The molecule has 0 spiro atoms. The van der Waals surface area contributed by atoms with Gasteiger partial charge in [-0.1, -0.05) is 438 Å². The minimum atomic E-state index is -0.989. The number of hydrogen-bond acceptors (Lipinski definition) is 1. The molecule has 0 N–H and O–H groups in total. The molecule has 0 fully saturated rings. The zero-order chi connectivity index (χ0) is 72.7. The van der Waals surface area contributed by atoms with Gasteiger partial charge in [0, 0.05) is 0 Å². The number of ether oxygens (including phenoxy) is 1. The Kier molecular flexibility index (Phi) is 26.4. The second-order valence-corrected chi connectivity index (χ2v) is 41.0. The first-order valence-corrected chi connectivity index (χ1v) is 46.4. The molecule has 0 radical (unpaired) electrons. The molecule has 14 rings (SSSR count). The average Bonchev–Trinajstić information content (AvgIpc) is 0.770. The Hall–Kier alpha value is -8.90. The lowest BCUT2D eigenvalue weighted by atomic mass is 9.83. The quantitative estimate of drug-likeness (QED) is 0.0365. The lowest BCUT2D eigenvalue weighted by Crippen LogP contribution is -2.42. The Morgan fingerprint density at radius 1 is 0.206 bits per heavy atom. The van der Waals surface area contributed by atoms with Crippen LogP contribution >= 0.6 is 47.5 Å². The van der Waals surface area contributed by atoms with Gasteiger partial charge in [0.05, 0.1) is 12.2 Å². The van der Waals surface area contributed by atoms with Crippen molar-refractivity contribution < 1.29 is 4.74 Å². The van der Waals surface area contributed by atoms with Crippen molar-refractivity contribution in [3.63, 3.8) is 0 Å². The van der Waals surface area contributed by atoms with E-state index in [4.69, 9.17) is 4.74 Å². The SMILES string of the molecule is C=Cc1ccc(C(CC(CP(c2ccccc2)c2ccccc2)(CP(c2ccccc2)c2ccccc2)CP(c2ccccc2)c2ccccc2)OC(CC(CP(c2ccccc2)c2ccccc2)(CP(c2ccccc2)c2ccccc2)CP(c2ccccc2)c2ccccc2)c2ccc(C=C)cc2)cc1. The van der Waals surface area contributed by atoms with Crippen molar-refractivity contribution in [2.75, 3.05) is 37.0 Å². The zero-order valence-electron chi connectivity index (χ0n) is 60.7. The molecular formula is C100H92OP6. The third-order valence-electron chi connectivity index (χ3n) is 20.4. The van der Waals surface area contributed by atoms with Gasteiger partial charge < -0.3 is 4.74 Å². The summed E-state index contributed by atoms with van der Waals surface area (Å²) in [5, 5.41) is 16.6. The monoisotopic (exact) mass is 1490 g/mol. The van der Waals surface area contributed by atoms with Crippen LogP contribution in [-0.2, 0) is 4.74 Å². The summed E-state index contributed by atoms with van der Waals surface area (Å²) in [7, 11) is -5.94. The number of rotatable bonds is 34. The lowest BCUT2D eigenvalue weighted by Gasteiger charge is -2.46. The Bertz CT molecular complexity index is 3970. The van der Waals surface area contributed by atoms with Crippen LogP contribution < -0.4 is 63.7 Å². The summed E-state index contributed by atoms with van der Waals surface area (Å²) < 4.78 is 9.03. The summed E-state index contributed by atoms with van der Waals surface area (Å²) in [6.45, 7) is 8.71. The van der Waals surface area contributed by atoms with Gasteiger partial charge in [0.15, 0.2) is 0 Å². The molecule has 0 aliphatic rings. The molecule has 0 aromatic heterocycles. The highest BCUT2D eigenvalue weighted by molar-refractivity contribution is 7.76. The molecule has 528 valence electrons. The van der Waals surface area contributed by atoms with Crippen LogP contribution in [0, 0.1) is 10.8 Å². The molecule has 107 heavy (non-hydrogen) atoms. The second-order valence-electron chi connectivity index (χ2n) is 27.8. The molecule has 0 heterocycles. The summed E-state index contributed by atoms with van der Waals surface area (Å²) >= 11 is 0. The van der Waals surface area contributed by atoms with Crippen LogP contribution in [0.2, 0.25) is 0 Å². The average molecular weight is 1500 g/mol. The van der Waals surface area contributed by atoms with Gasteiger partial charge in [0.1, 0.15) is 0 Å². The fourth-order valence-corrected chi connectivity index (χ4v) is 32.7. The van der Waals surface area contributed by atoms with E-state index in [1.54, 1.807) is 0 Å². The molecule has 14 aromatic rings. The van der Waals surface area contributed by atoms with E-state index in [-0.39, 0.29) is 0 Å².